The van der Waals surface area contributed by atoms with Crippen molar-refractivity contribution < 1.29 is 31.0 Å². The maximum atomic E-state index is 11.9. The predicted octanol–water partition coefficient (Wildman–Crippen LogP) is 5.45. The lowest BCUT2D eigenvalue weighted by molar-refractivity contribution is 0.481. The second kappa shape index (κ2) is 9.43. The Morgan fingerprint density at radius 3 is 1.92 bits per heavy atom. The highest BCUT2D eigenvalue weighted by Gasteiger charge is 2.21. The lowest BCUT2D eigenvalue weighted by Gasteiger charge is -2.09. The van der Waals surface area contributed by atoms with E-state index in [4.69, 9.17) is 5.73 Å². The van der Waals surface area contributed by atoms with Gasteiger partial charge in [-0.3, -0.25) is 9.11 Å². The normalized spacial score (nSPS) is 12.6. The zero-order valence-electron chi connectivity index (χ0n) is 18.1. The van der Waals surface area contributed by atoms with Crippen molar-refractivity contribution in [2.45, 2.75) is 9.79 Å². The molecule has 0 unspecified atom stereocenters. The van der Waals surface area contributed by atoms with E-state index in [1.807, 2.05) is 0 Å². The first-order valence-corrected chi connectivity index (χ1v) is 12.8. The van der Waals surface area contributed by atoms with Gasteiger partial charge in [0, 0.05) is 10.8 Å². The second-order valence-corrected chi connectivity index (χ2v) is 10.1. The first-order chi connectivity index (χ1) is 16.9. The minimum atomic E-state index is -4.74. The molecule has 0 aliphatic rings. The van der Waals surface area contributed by atoms with Crippen LogP contribution >= 0.6 is 0 Å². The first kappa shape index (κ1) is 24.9. The molecule has 184 valence electrons. The lowest BCUT2D eigenvalue weighted by atomic mass is 10.1. The monoisotopic (exact) mass is 527 g/mol. The van der Waals surface area contributed by atoms with Gasteiger partial charge in [0.2, 0.25) is 0 Å². The fourth-order valence-electron chi connectivity index (χ4n) is 3.31. The topological polar surface area (TPSA) is 204 Å². The number of nitrogens with zero attached hydrogens (tertiary/aromatic N) is 4. The van der Waals surface area contributed by atoms with Crippen LogP contribution in [0.25, 0.3) is 10.8 Å². The van der Waals surface area contributed by atoms with E-state index in [9.17, 15) is 31.0 Å². The number of fused-ring (bicyclic) bond motifs is 1. The average Bonchev–Trinajstić information content (AvgIpc) is 2.81. The maximum absolute atomic E-state index is 11.9. The van der Waals surface area contributed by atoms with Crippen molar-refractivity contribution in [1.29, 1.82) is 0 Å². The highest BCUT2D eigenvalue weighted by molar-refractivity contribution is 7.86. The number of phenolic OH excluding ortho intramolecular Hbond substituents is 1. The summed E-state index contributed by atoms with van der Waals surface area (Å²) >= 11 is 0. The Bertz CT molecular complexity index is 1760. The Hall–Kier alpha value is -4.24. The molecule has 0 aromatic heterocycles. The molecule has 0 fully saturated rings. The smallest absolute Gasteiger partial charge is 0.297 e. The molecule has 12 nitrogen and oxygen atoms in total. The van der Waals surface area contributed by atoms with Crippen molar-refractivity contribution in [2.24, 2.45) is 20.5 Å². The summed E-state index contributed by atoms with van der Waals surface area (Å²) in [6.07, 6.45) is 0. The van der Waals surface area contributed by atoms with Crippen LogP contribution in [0.5, 0.6) is 5.75 Å². The van der Waals surface area contributed by atoms with Crippen molar-refractivity contribution in [1.82, 2.24) is 0 Å². The van der Waals surface area contributed by atoms with E-state index in [-0.39, 0.29) is 33.5 Å². The first-order valence-electron chi connectivity index (χ1n) is 9.97. The van der Waals surface area contributed by atoms with E-state index in [2.05, 4.69) is 20.5 Å². The highest BCUT2D eigenvalue weighted by Crippen LogP contribution is 2.40. The maximum Gasteiger partial charge on any atom is 0.297 e. The van der Waals surface area contributed by atoms with Gasteiger partial charge in [-0.2, -0.15) is 27.1 Å². The standard InChI is InChI=1S/C22H17N5O7S2/c23-17-9-7-15-16(22(17)36(32,33)34)8-11-19(21(15)28)27-26-18-10-6-14(12-20(18)35(29,30)31)25-24-13-4-2-1-3-5-13/h1-12,28H,23H2,(H,29,30,31)(H,32,33,34). The minimum absolute atomic E-state index is 0.0000466. The summed E-state index contributed by atoms with van der Waals surface area (Å²) in [5.74, 6) is -0.497. The Morgan fingerprint density at radius 1 is 0.639 bits per heavy atom. The largest absolute Gasteiger partial charge is 0.505 e. The number of phenols is 1. The fourth-order valence-corrected chi connectivity index (χ4v) is 4.77. The molecule has 0 saturated carbocycles. The Morgan fingerprint density at radius 2 is 1.25 bits per heavy atom. The van der Waals surface area contributed by atoms with E-state index in [0.29, 0.717) is 5.69 Å². The number of anilines is 1. The molecule has 0 saturated heterocycles. The van der Waals surface area contributed by atoms with Crippen LogP contribution in [0.15, 0.2) is 103 Å². The third-order valence-corrected chi connectivity index (χ3v) is 6.77. The van der Waals surface area contributed by atoms with Crippen molar-refractivity contribution in [3.8, 4) is 5.75 Å². The predicted molar refractivity (Wildman–Crippen MR) is 131 cm³/mol. The van der Waals surface area contributed by atoms with E-state index < -0.39 is 35.8 Å². The number of azo groups is 2. The van der Waals surface area contributed by atoms with Crippen molar-refractivity contribution >= 4 is 59.4 Å². The summed E-state index contributed by atoms with van der Waals surface area (Å²) in [7, 11) is -9.44. The van der Waals surface area contributed by atoms with Gasteiger partial charge >= 0.3 is 0 Å². The molecule has 0 amide bonds. The quantitative estimate of drug-likeness (QED) is 0.144. The molecular formula is C22H17N5O7S2. The van der Waals surface area contributed by atoms with Gasteiger partial charge in [0.15, 0.2) is 5.75 Å². The van der Waals surface area contributed by atoms with Crippen LogP contribution in [0.1, 0.15) is 0 Å². The lowest BCUT2D eigenvalue weighted by Crippen LogP contribution is -2.04. The molecule has 4 aromatic rings. The van der Waals surface area contributed by atoms with Crippen molar-refractivity contribution in [3.63, 3.8) is 0 Å². The SMILES string of the molecule is Nc1ccc2c(O)c(N=Nc3ccc(N=Nc4ccccc4)cc3S(=O)(=O)O)ccc2c1S(=O)(=O)O. The zero-order chi connectivity index (χ0) is 26.1. The van der Waals surface area contributed by atoms with Gasteiger partial charge in [-0.1, -0.05) is 24.3 Å². The molecule has 4 aromatic carbocycles. The molecule has 4 rings (SSSR count). The summed E-state index contributed by atoms with van der Waals surface area (Å²) in [5.41, 5.74) is 5.68. The summed E-state index contributed by atoms with van der Waals surface area (Å²) in [4.78, 5) is -1.18. The van der Waals surface area contributed by atoms with Gasteiger partial charge in [0.05, 0.1) is 17.1 Å². The number of hydrogen-bond acceptors (Lipinski definition) is 10. The summed E-state index contributed by atoms with van der Waals surface area (Å²) in [5, 5.41) is 26.1. The molecule has 0 spiro atoms. The number of nitrogen functional groups attached to an aromatic ring is 1. The van der Waals surface area contributed by atoms with Crippen molar-refractivity contribution in [2.75, 3.05) is 5.73 Å². The number of rotatable bonds is 6. The number of benzene rings is 4. The molecule has 0 aliphatic carbocycles. The van der Waals surface area contributed by atoms with Gasteiger partial charge in [0.25, 0.3) is 20.2 Å². The fraction of sp³-hybridized carbons (Fsp3) is 0. The minimum Gasteiger partial charge on any atom is -0.505 e. The van der Waals surface area contributed by atoms with Gasteiger partial charge in [-0.25, -0.2) is 0 Å². The third-order valence-electron chi connectivity index (χ3n) is 4.91. The molecule has 0 heterocycles. The Kier molecular flexibility index (Phi) is 6.51. The van der Waals surface area contributed by atoms with Crippen LogP contribution in [0.2, 0.25) is 0 Å². The van der Waals surface area contributed by atoms with Gasteiger partial charge in [0.1, 0.15) is 21.2 Å². The third kappa shape index (κ3) is 5.21. The van der Waals surface area contributed by atoms with Gasteiger partial charge in [-0.15, -0.1) is 10.2 Å². The number of nitrogens with two attached hydrogens (primary N) is 1. The van der Waals surface area contributed by atoms with Crippen LogP contribution in [-0.4, -0.2) is 31.0 Å². The second-order valence-electron chi connectivity index (χ2n) is 7.35. The molecule has 0 bridgehead atoms. The molecule has 0 aliphatic heterocycles. The summed E-state index contributed by atoms with van der Waals surface area (Å²) < 4.78 is 66.5. The molecular weight excluding hydrogens is 510 g/mol. The van der Waals surface area contributed by atoms with Crippen LogP contribution in [0.4, 0.5) is 28.4 Å². The Balaban J connectivity index is 1.75. The summed E-state index contributed by atoms with van der Waals surface area (Å²) in [6.45, 7) is 0. The van der Waals surface area contributed by atoms with Crippen LogP contribution < -0.4 is 5.73 Å². The van der Waals surface area contributed by atoms with Crippen LogP contribution in [0, 0.1) is 0 Å². The molecule has 14 heteroatoms. The van der Waals surface area contributed by atoms with E-state index in [0.717, 1.165) is 6.07 Å². The molecule has 36 heavy (non-hydrogen) atoms. The highest BCUT2D eigenvalue weighted by atomic mass is 32.2. The van der Waals surface area contributed by atoms with Crippen LogP contribution in [-0.2, 0) is 20.2 Å². The van der Waals surface area contributed by atoms with E-state index in [1.165, 1.54) is 36.4 Å². The van der Waals surface area contributed by atoms with Gasteiger partial charge < -0.3 is 10.8 Å². The van der Waals surface area contributed by atoms with E-state index in [1.54, 1.807) is 30.3 Å². The summed E-state index contributed by atoms with van der Waals surface area (Å²) in [6, 6.07) is 17.3. The average molecular weight is 528 g/mol. The van der Waals surface area contributed by atoms with Crippen molar-refractivity contribution in [3.05, 3.63) is 72.8 Å². The Labute approximate surface area is 205 Å². The van der Waals surface area contributed by atoms with Gasteiger partial charge in [-0.05, 0) is 48.5 Å². The number of aromatic hydroxyl groups is 1. The van der Waals surface area contributed by atoms with E-state index >= 15 is 0 Å². The molecule has 0 atom stereocenters. The number of hydrogen-bond donors (Lipinski definition) is 4. The molecule has 5 N–H and O–H groups in total. The molecule has 0 radical (unpaired) electrons. The zero-order valence-corrected chi connectivity index (χ0v) is 19.7. The van der Waals surface area contributed by atoms with Crippen LogP contribution in [0.3, 0.4) is 0 Å².